The van der Waals surface area contributed by atoms with Crippen molar-refractivity contribution in [3.8, 4) is 35.0 Å². The average Bonchev–Trinajstić information content (AvgIpc) is 3.06. The van der Waals surface area contributed by atoms with Crippen molar-refractivity contribution in [3.63, 3.8) is 0 Å². The number of hydrogen-bond donors (Lipinski definition) is 1. The van der Waals surface area contributed by atoms with E-state index in [0.29, 0.717) is 17.3 Å². The fraction of sp³-hybridized carbons (Fsp3) is 0.182. The number of carbonyl (C=O) groups is 1. The molecule has 6 nitrogen and oxygen atoms in total. The predicted octanol–water partition coefficient (Wildman–Crippen LogP) is 3.29. The van der Waals surface area contributed by atoms with Crippen LogP contribution in [0.1, 0.15) is 5.56 Å². The highest BCUT2D eigenvalue weighted by atomic mass is 16.5. The van der Waals surface area contributed by atoms with Crippen LogP contribution in [0.25, 0.3) is 11.1 Å². The molecule has 28 heavy (non-hydrogen) atoms. The number of nitrogens with one attached hydrogen (secondary N) is 1. The van der Waals surface area contributed by atoms with Crippen LogP contribution in [0.3, 0.4) is 0 Å². The van der Waals surface area contributed by atoms with E-state index in [2.05, 4.69) is 16.3 Å². The minimum Gasteiger partial charge on any atom is -0.493 e. The smallest absolute Gasteiger partial charge is 0.230 e. The second kappa shape index (κ2) is 8.78. The number of hydrogen-bond acceptors (Lipinski definition) is 4. The summed E-state index contributed by atoms with van der Waals surface area (Å²) >= 11 is 0. The van der Waals surface area contributed by atoms with E-state index in [1.165, 1.54) is 0 Å². The molecular formula is C22H21N3O3. The summed E-state index contributed by atoms with van der Waals surface area (Å²) in [6, 6.07) is 15.1. The lowest BCUT2D eigenvalue weighted by Crippen LogP contribution is -2.15. The molecule has 0 aliphatic rings. The third kappa shape index (κ3) is 4.51. The lowest BCUT2D eigenvalue weighted by atomic mass is 10.1. The fourth-order valence-corrected chi connectivity index (χ4v) is 2.82. The Morgan fingerprint density at radius 3 is 2.71 bits per heavy atom. The molecule has 0 spiro atoms. The number of aromatic nitrogens is 2. The minimum atomic E-state index is -0.132. The van der Waals surface area contributed by atoms with Crippen LogP contribution in [-0.2, 0) is 18.3 Å². The molecule has 3 rings (SSSR count). The van der Waals surface area contributed by atoms with Gasteiger partial charge in [-0.15, -0.1) is 6.42 Å². The maximum absolute atomic E-state index is 12.4. The van der Waals surface area contributed by atoms with Crippen LogP contribution < -0.4 is 14.8 Å². The molecule has 1 heterocycles. The van der Waals surface area contributed by atoms with E-state index >= 15 is 0 Å². The van der Waals surface area contributed by atoms with Gasteiger partial charge in [0.2, 0.25) is 5.91 Å². The van der Waals surface area contributed by atoms with Crippen LogP contribution in [0.2, 0.25) is 0 Å². The van der Waals surface area contributed by atoms with Gasteiger partial charge in [0.05, 0.1) is 13.5 Å². The minimum absolute atomic E-state index is 0.132. The van der Waals surface area contributed by atoms with Gasteiger partial charge in [0.15, 0.2) is 17.3 Å². The highest BCUT2D eigenvalue weighted by molar-refractivity contribution is 5.95. The van der Waals surface area contributed by atoms with Crippen LogP contribution in [0.4, 0.5) is 5.82 Å². The van der Waals surface area contributed by atoms with E-state index in [4.69, 9.17) is 15.9 Å². The molecule has 6 heteroatoms. The monoisotopic (exact) mass is 375 g/mol. The molecule has 0 aliphatic heterocycles. The Labute approximate surface area is 164 Å². The quantitative estimate of drug-likeness (QED) is 0.644. The number of aryl methyl sites for hydroxylation is 1. The second-order valence-electron chi connectivity index (χ2n) is 6.13. The summed E-state index contributed by atoms with van der Waals surface area (Å²) in [5.41, 5.74) is 2.56. The number of nitrogens with zero attached hydrogens (tertiary/aromatic N) is 2. The maximum atomic E-state index is 12.4. The first kappa shape index (κ1) is 19.1. The highest BCUT2D eigenvalue weighted by Crippen LogP contribution is 2.35. The summed E-state index contributed by atoms with van der Waals surface area (Å²) in [6.45, 7) is 0.156. The second-order valence-corrected chi connectivity index (χ2v) is 6.13. The van der Waals surface area contributed by atoms with Crippen molar-refractivity contribution in [2.75, 3.05) is 19.0 Å². The third-order valence-corrected chi connectivity index (χ3v) is 4.08. The van der Waals surface area contributed by atoms with Crippen molar-refractivity contribution in [2.45, 2.75) is 6.42 Å². The van der Waals surface area contributed by atoms with Gasteiger partial charge in [0.25, 0.3) is 0 Å². The lowest BCUT2D eigenvalue weighted by molar-refractivity contribution is -0.115. The van der Waals surface area contributed by atoms with Crippen LogP contribution in [0.15, 0.2) is 54.7 Å². The predicted molar refractivity (Wildman–Crippen MR) is 108 cm³/mol. The molecule has 0 unspecified atom stereocenters. The topological polar surface area (TPSA) is 65.4 Å². The molecule has 1 aromatic heterocycles. The van der Waals surface area contributed by atoms with Crippen molar-refractivity contribution in [1.29, 1.82) is 0 Å². The first-order valence-electron chi connectivity index (χ1n) is 8.73. The van der Waals surface area contributed by atoms with Crippen LogP contribution in [-0.4, -0.2) is 29.4 Å². The van der Waals surface area contributed by atoms with Crippen LogP contribution in [0, 0.1) is 12.3 Å². The number of methoxy groups -OCH3 is 1. The Morgan fingerprint density at radius 1 is 1.21 bits per heavy atom. The Morgan fingerprint density at radius 2 is 2.00 bits per heavy atom. The first-order valence-corrected chi connectivity index (χ1v) is 8.73. The molecule has 0 saturated heterocycles. The SMILES string of the molecule is C#CCOc1ccc(-c2cn(C)nc2NC(=O)Cc2ccccc2)cc1OC. The van der Waals surface area contributed by atoms with Gasteiger partial charge < -0.3 is 14.8 Å². The standard InChI is InChI=1S/C22H21N3O3/c1-4-12-28-19-11-10-17(14-20(19)27-3)18-15-25(2)24-22(18)23-21(26)13-16-8-6-5-7-9-16/h1,5-11,14-15H,12-13H2,2-3H3,(H,23,24,26). The Bertz CT molecular complexity index is 1000. The van der Waals surface area contributed by atoms with E-state index in [-0.39, 0.29) is 18.9 Å². The van der Waals surface area contributed by atoms with Crippen molar-refractivity contribution in [3.05, 3.63) is 60.3 Å². The van der Waals surface area contributed by atoms with Gasteiger partial charge >= 0.3 is 0 Å². The zero-order chi connectivity index (χ0) is 19.9. The van der Waals surface area contributed by atoms with Gasteiger partial charge in [0.1, 0.15) is 6.61 Å². The number of terminal acetylenes is 1. The maximum Gasteiger partial charge on any atom is 0.230 e. The van der Waals surface area contributed by atoms with Crippen LogP contribution in [0.5, 0.6) is 11.5 Å². The molecular weight excluding hydrogens is 354 g/mol. The molecule has 0 saturated carbocycles. The molecule has 2 aromatic carbocycles. The van der Waals surface area contributed by atoms with Crippen LogP contribution >= 0.6 is 0 Å². The molecule has 1 amide bonds. The zero-order valence-electron chi connectivity index (χ0n) is 15.8. The van der Waals surface area contributed by atoms with Crippen molar-refractivity contribution < 1.29 is 14.3 Å². The third-order valence-electron chi connectivity index (χ3n) is 4.08. The molecule has 0 radical (unpaired) electrons. The molecule has 3 aromatic rings. The van der Waals surface area contributed by atoms with E-state index in [1.807, 2.05) is 48.7 Å². The van der Waals surface area contributed by atoms with Gasteiger partial charge in [-0.3, -0.25) is 9.48 Å². The Balaban J connectivity index is 1.83. The number of ether oxygens (including phenoxy) is 2. The van der Waals surface area contributed by atoms with Crippen molar-refractivity contribution in [2.24, 2.45) is 7.05 Å². The number of anilines is 1. The number of rotatable bonds is 7. The van der Waals surface area contributed by atoms with Gasteiger partial charge in [-0.1, -0.05) is 42.3 Å². The van der Waals surface area contributed by atoms with Gasteiger partial charge in [-0.05, 0) is 23.3 Å². The first-order chi connectivity index (χ1) is 13.6. The molecule has 0 aliphatic carbocycles. The number of carbonyl (C=O) groups excluding carboxylic acids is 1. The molecule has 0 fully saturated rings. The summed E-state index contributed by atoms with van der Waals surface area (Å²) in [7, 11) is 3.37. The molecule has 1 N–H and O–H groups in total. The lowest BCUT2D eigenvalue weighted by Gasteiger charge is -2.11. The molecule has 0 atom stereocenters. The van der Waals surface area contributed by atoms with Gasteiger partial charge in [0, 0.05) is 18.8 Å². The summed E-state index contributed by atoms with van der Waals surface area (Å²) in [5, 5.41) is 7.28. The number of amides is 1. The zero-order valence-corrected chi connectivity index (χ0v) is 15.8. The van der Waals surface area contributed by atoms with Gasteiger partial charge in [-0.25, -0.2) is 0 Å². The summed E-state index contributed by atoms with van der Waals surface area (Å²) in [5.74, 6) is 3.90. The van der Waals surface area contributed by atoms with Gasteiger partial charge in [-0.2, -0.15) is 5.10 Å². The summed E-state index contributed by atoms with van der Waals surface area (Å²) < 4.78 is 12.5. The van der Waals surface area contributed by atoms with E-state index in [0.717, 1.165) is 16.7 Å². The summed E-state index contributed by atoms with van der Waals surface area (Å²) in [6.07, 6.45) is 7.36. The average molecular weight is 375 g/mol. The van der Waals surface area contributed by atoms with E-state index < -0.39 is 0 Å². The van der Waals surface area contributed by atoms with E-state index in [1.54, 1.807) is 24.9 Å². The van der Waals surface area contributed by atoms with E-state index in [9.17, 15) is 4.79 Å². The normalized spacial score (nSPS) is 10.2. The summed E-state index contributed by atoms with van der Waals surface area (Å²) in [4.78, 5) is 12.4. The highest BCUT2D eigenvalue weighted by Gasteiger charge is 2.15. The Kier molecular flexibility index (Phi) is 5.97. The number of benzene rings is 2. The largest absolute Gasteiger partial charge is 0.493 e. The van der Waals surface area contributed by atoms with Crippen molar-refractivity contribution >= 4 is 11.7 Å². The Hall–Kier alpha value is -3.72. The molecule has 0 bridgehead atoms. The van der Waals surface area contributed by atoms with Crippen molar-refractivity contribution in [1.82, 2.24) is 9.78 Å². The fourth-order valence-electron chi connectivity index (χ4n) is 2.82. The molecule has 142 valence electrons.